The van der Waals surface area contributed by atoms with E-state index in [4.69, 9.17) is 14.2 Å². The van der Waals surface area contributed by atoms with Crippen molar-refractivity contribution in [2.24, 2.45) is 11.8 Å². The van der Waals surface area contributed by atoms with E-state index in [-0.39, 0.29) is 31.1 Å². The Morgan fingerprint density at radius 3 is 1.04 bits per heavy atom. The second kappa shape index (κ2) is 42.0. The number of hydrogen-bond donors (Lipinski definition) is 0. The molecule has 0 aliphatic heterocycles. The van der Waals surface area contributed by atoms with Crippen LogP contribution >= 0.6 is 0 Å². The standard InChI is InChI=1S/C49H94O6/c1-6-8-9-10-11-12-16-21-24-31-36-41-49(52)55-46(43-54-48(51)40-35-30-26-25-28-33-38-45(5)7-2)42-53-47(50)39-34-29-23-20-18-15-13-14-17-19-22-27-32-37-44(3)4/h44-46H,6-43H2,1-5H3/t45?,46-/m0/s1. The number of hydrogen-bond acceptors (Lipinski definition) is 6. The lowest BCUT2D eigenvalue weighted by molar-refractivity contribution is -0.167. The topological polar surface area (TPSA) is 78.9 Å². The van der Waals surface area contributed by atoms with Gasteiger partial charge >= 0.3 is 17.9 Å². The fourth-order valence-corrected chi connectivity index (χ4v) is 7.25. The van der Waals surface area contributed by atoms with Gasteiger partial charge in [-0.1, -0.05) is 227 Å². The Labute approximate surface area is 342 Å². The molecule has 6 nitrogen and oxygen atoms in total. The van der Waals surface area contributed by atoms with E-state index in [1.807, 2.05) is 0 Å². The van der Waals surface area contributed by atoms with Gasteiger partial charge in [0, 0.05) is 19.3 Å². The lowest BCUT2D eigenvalue weighted by Crippen LogP contribution is -2.30. The van der Waals surface area contributed by atoms with Crippen molar-refractivity contribution in [3.05, 3.63) is 0 Å². The number of esters is 3. The summed E-state index contributed by atoms with van der Waals surface area (Å²) in [5.74, 6) is 0.798. The average Bonchev–Trinajstić information content (AvgIpc) is 3.17. The molecule has 0 bridgehead atoms. The Kier molecular flexibility index (Phi) is 40.8. The van der Waals surface area contributed by atoms with Crippen LogP contribution in [-0.2, 0) is 28.6 Å². The number of ether oxygens (including phenoxy) is 3. The van der Waals surface area contributed by atoms with Crippen molar-refractivity contribution in [2.45, 2.75) is 272 Å². The SMILES string of the molecule is CCCCCCCCCCCCCC(=O)O[C@@H](COC(=O)CCCCCCCCCCCCCCCC(C)C)COC(=O)CCCCCCCCC(C)CC. The van der Waals surface area contributed by atoms with E-state index in [0.29, 0.717) is 19.3 Å². The summed E-state index contributed by atoms with van der Waals surface area (Å²) in [6, 6.07) is 0. The molecule has 0 aliphatic carbocycles. The molecule has 0 radical (unpaired) electrons. The number of carbonyl (C=O) groups excluding carboxylic acids is 3. The van der Waals surface area contributed by atoms with Crippen molar-refractivity contribution in [1.29, 1.82) is 0 Å². The van der Waals surface area contributed by atoms with E-state index in [0.717, 1.165) is 69.6 Å². The Hall–Kier alpha value is -1.59. The maximum Gasteiger partial charge on any atom is 0.306 e. The first-order valence-corrected chi connectivity index (χ1v) is 24.3. The summed E-state index contributed by atoms with van der Waals surface area (Å²) >= 11 is 0. The van der Waals surface area contributed by atoms with Gasteiger partial charge in [-0.25, -0.2) is 0 Å². The highest BCUT2D eigenvalue weighted by molar-refractivity contribution is 5.71. The molecule has 0 aromatic rings. The first kappa shape index (κ1) is 53.4. The molecule has 0 aromatic heterocycles. The molecule has 2 atom stereocenters. The predicted octanol–water partition coefficient (Wildman–Crippen LogP) is 15.4. The molecule has 1 unspecified atom stereocenters. The highest BCUT2D eigenvalue weighted by Crippen LogP contribution is 2.17. The Bertz CT molecular complexity index is 841. The van der Waals surface area contributed by atoms with Crippen LogP contribution in [0.3, 0.4) is 0 Å². The average molecular weight is 779 g/mol. The minimum absolute atomic E-state index is 0.0648. The third kappa shape index (κ3) is 41.9. The first-order valence-electron chi connectivity index (χ1n) is 24.3. The summed E-state index contributed by atoms with van der Waals surface area (Å²) < 4.78 is 16.7. The Morgan fingerprint density at radius 2 is 0.691 bits per heavy atom. The molecular formula is C49H94O6. The summed E-state index contributed by atoms with van der Waals surface area (Å²) in [6.45, 7) is 11.3. The zero-order valence-corrected chi connectivity index (χ0v) is 37.6. The van der Waals surface area contributed by atoms with Crippen molar-refractivity contribution in [3.8, 4) is 0 Å². The van der Waals surface area contributed by atoms with Crippen LogP contribution in [0.15, 0.2) is 0 Å². The van der Waals surface area contributed by atoms with Gasteiger partial charge < -0.3 is 14.2 Å². The minimum Gasteiger partial charge on any atom is -0.462 e. The minimum atomic E-state index is -0.761. The normalized spacial score (nSPS) is 12.5. The van der Waals surface area contributed by atoms with E-state index in [1.54, 1.807) is 0 Å². The van der Waals surface area contributed by atoms with E-state index >= 15 is 0 Å². The number of unbranched alkanes of at least 4 members (excludes halogenated alkanes) is 27. The van der Waals surface area contributed by atoms with Gasteiger partial charge in [-0.3, -0.25) is 14.4 Å². The number of rotatable bonds is 43. The van der Waals surface area contributed by atoms with Crippen LogP contribution in [0.1, 0.15) is 266 Å². The Balaban J connectivity index is 4.29. The molecule has 0 amide bonds. The van der Waals surface area contributed by atoms with Crippen LogP contribution in [0.2, 0.25) is 0 Å². The molecule has 0 rings (SSSR count). The Morgan fingerprint density at radius 1 is 0.382 bits per heavy atom. The van der Waals surface area contributed by atoms with E-state index in [9.17, 15) is 14.4 Å². The van der Waals surface area contributed by atoms with Crippen LogP contribution in [-0.4, -0.2) is 37.2 Å². The van der Waals surface area contributed by atoms with Gasteiger partial charge in [-0.15, -0.1) is 0 Å². The van der Waals surface area contributed by atoms with Crippen molar-refractivity contribution >= 4 is 17.9 Å². The molecular weight excluding hydrogens is 685 g/mol. The maximum atomic E-state index is 12.7. The molecule has 0 aromatic carbocycles. The fraction of sp³-hybridized carbons (Fsp3) is 0.939. The van der Waals surface area contributed by atoms with Crippen molar-refractivity contribution in [1.82, 2.24) is 0 Å². The van der Waals surface area contributed by atoms with E-state index < -0.39 is 6.10 Å². The lowest BCUT2D eigenvalue weighted by Gasteiger charge is -2.18. The lowest BCUT2D eigenvalue weighted by atomic mass is 10.00. The summed E-state index contributed by atoms with van der Waals surface area (Å²) in [7, 11) is 0. The molecule has 0 saturated carbocycles. The third-order valence-electron chi connectivity index (χ3n) is 11.3. The van der Waals surface area contributed by atoms with Crippen molar-refractivity contribution in [3.63, 3.8) is 0 Å². The molecule has 0 spiro atoms. The highest BCUT2D eigenvalue weighted by atomic mass is 16.6. The predicted molar refractivity (Wildman–Crippen MR) is 233 cm³/mol. The third-order valence-corrected chi connectivity index (χ3v) is 11.3. The zero-order valence-electron chi connectivity index (χ0n) is 37.6. The van der Waals surface area contributed by atoms with Gasteiger partial charge in [0.1, 0.15) is 13.2 Å². The zero-order chi connectivity index (χ0) is 40.5. The molecule has 0 saturated heterocycles. The highest BCUT2D eigenvalue weighted by Gasteiger charge is 2.19. The van der Waals surface area contributed by atoms with Gasteiger partial charge in [0.05, 0.1) is 0 Å². The molecule has 6 heteroatoms. The van der Waals surface area contributed by atoms with Crippen LogP contribution < -0.4 is 0 Å². The van der Waals surface area contributed by atoms with Crippen LogP contribution in [0, 0.1) is 11.8 Å². The first-order chi connectivity index (χ1) is 26.8. The molecule has 326 valence electrons. The van der Waals surface area contributed by atoms with Gasteiger partial charge in [0.15, 0.2) is 6.10 Å². The van der Waals surface area contributed by atoms with Crippen molar-refractivity contribution in [2.75, 3.05) is 13.2 Å². The van der Waals surface area contributed by atoms with E-state index in [1.165, 1.54) is 154 Å². The summed E-state index contributed by atoms with van der Waals surface area (Å²) in [5.41, 5.74) is 0. The van der Waals surface area contributed by atoms with Crippen molar-refractivity contribution < 1.29 is 28.6 Å². The van der Waals surface area contributed by atoms with Gasteiger partial charge in [0.2, 0.25) is 0 Å². The van der Waals surface area contributed by atoms with Crippen LogP contribution in [0.4, 0.5) is 0 Å². The van der Waals surface area contributed by atoms with Gasteiger partial charge in [-0.2, -0.15) is 0 Å². The molecule has 0 aliphatic rings. The summed E-state index contributed by atoms with van der Waals surface area (Å²) in [4.78, 5) is 37.8. The van der Waals surface area contributed by atoms with Crippen LogP contribution in [0.25, 0.3) is 0 Å². The molecule has 55 heavy (non-hydrogen) atoms. The monoisotopic (exact) mass is 779 g/mol. The van der Waals surface area contributed by atoms with Gasteiger partial charge in [-0.05, 0) is 31.1 Å². The maximum absolute atomic E-state index is 12.7. The second-order valence-electron chi connectivity index (χ2n) is 17.5. The van der Waals surface area contributed by atoms with E-state index in [2.05, 4.69) is 34.6 Å². The smallest absolute Gasteiger partial charge is 0.306 e. The molecule has 0 heterocycles. The fourth-order valence-electron chi connectivity index (χ4n) is 7.25. The molecule has 0 fully saturated rings. The number of carbonyl (C=O) groups is 3. The second-order valence-corrected chi connectivity index (χ2v) is 17.5. The van der Waals surface area contributed by atoms with Gasteiger partial charge in [0.25, 0.3) is 0 Å². The largest absolute Gasteiger partial charge is 0.462 e. The molecule has 0 N–H and O–H groups in total. The summed E-state index contributed by atoms with van der Waals surface area (Å²) in [5, 5.41) is 0. The summed E-state index contributed by atoms with van der Waals surface area (Å²) in [6.07, 6.45) is 40.9. The quantitative estimate of drug-likeness (QED) is 0.0348. The van der Waals surface area contributed by atoms with Crippen LogP contribution in [0.5, 0.6) is 0 Å².